The van der Waals surface area contributed by atoms with Crippen molar-refractivity contribution in [3.05, 3.63) is 56.2 Å². The van der Waals surface area contributed by atoms with Crippen LogP contribution >= 0.6 is 50.8 Å². The van der Waals surface area contributed by atoms with Crippen LogP contribution in [-0.2, 0) is 12.2 Å². The number of hydrogen-bond donors (Lipinski definition) is 1. The standard InChI is InChI=1S/C17H17BrN2OS3/c18-15-6-5-13(24-15)7-8-19-16(21)14-4-2-1-3-12(14)11-23-17-20-9-10-22-17/h1-6H,7-11H2,(H,19,21). The zero-order valence-corrected chi connectivity index (χ0v) is 17.0. The zero-order chi connectivity index (χ0) is 16.8. The minimum Gasteiger partial charge on any atom is -0.352 e. The summed E-state index contributed by atoms with van der Waals surface area (Å²) in [5.41, 5.74) is 1.83. The lowest BCUT2D eigenvalue weighted by Gasteiger charge is -2.09. The lowest BCUT2D eigenvalue weighted by atomic mass is 10.1. The smallest absolute Gasteiger partial charge is 0.251 e. The largest absolute Gasteiger partial charge is 0.352 e. The SMILES string of the molecule is O=C(NCCc1ccc(Br)s1)c1ccccc1CSC1=NCCS1. The lowest BCUT2D eigenvalue weighted by Crippen LogP contribution is -2.26. The van der Waals surface area contributed by atoms with Crippen LogP contribution in [0.15, 0.2) is 45.2 Å². The Labute approximate surface area is 162 Å². The van der Waals surface area contributed by atoms with Crippen LogP contribution in [-0.4, -0.2) is 29.1 Å². The molecule has 0 radical (unpaired) electrons. The quantitative estimate of drug-likeness (QED) is 0.699. The van der Waals surface area contributed by atoms with Gasteiger partial charge in [0.1, 0.15) is 4.38 Å². The summed E-state index contributed by atoms with van der Waals surface area (Å²) in [6, 6.07) is 12.0. The van der Waals surface area contributed by atoms with Crippen molar-refractivity contribution < 1.29 is 4.79 Å². The molecule has 7 heteroatoms. The van der Waals surface area contributed by atoms with E-state index in [4.69, 9.17) is 0 Å². The number of nitrogens with one attached hydrogen (secondary N) is 1. The van der Waals surface area contributed by atoms with Crippen molar-refractivity contribution >= 4 is 61.1 Å². The molecule has 1 aliphatic rings. The van der Waals surface area contributed by atoms with Gasteiger partial charge in [-0.1, -0.05) is 41.7 Å². The fraction of sp³-hybridized carbons (Fsp3) is 0.294. The maximum Gasteiger partial charge on any atom is 0.251 e. The summed E-state index contributed by atoms with van der Waals surface area (Å²) in [7, 11) is 0. The fourth-order valence-corrected chi connectivity index (χ4v) is 5.79. The Morgan fingerprint density at radius 3 is 2.92 bits per heavy atom. The maximum atomic E-state index is 12.5. The van der Waals surface area contributed by atoms with E-state index < -0.39 is 0 Å². The maximum absolute atomic E-state index is 12.5. The Hall–Kier alpha value is -0.760. The summed E-state index contributed by atoms with van der Waals surface area (Å²) in [4.78, 5) is 18.2. The molecule has 0 unspecified atom stereocenters. The van der Waals surface area contributed by atoms with Crippen LogP contribution < -0.4 is 5.32 Å². The first-order valence-electron chi connectivity index (χ1n) is 7.63. The Morgan fingerprint density at radius 1 is 1.29 bits per heavy atom. The molecular formula is C17H17BrN2OS3. The first kappa shape index (κ1) is 18.0. The van der Waals surface area contributed by atoms with Gasteiger partial charge in [0.05, 0.1) is 10.3 Å². The van der Waals surface area contributed by atoms with Gasteiger partial charge in [0, 0.05) is 28.5 Å². The molecule has 0 saturated heterocycles. The number of halogens is 1. The first-order valence-corrected chi connectivity index (χ1v) is 11.2. The predicted octanol–water partition coefficient (Wildman–Crippen LogP) is 4.82. The molecule has 3 rings (SSSR count). The molecule has 0 saturated carbocycles. The minimum absolute atomic E-state index is 0.00263. The number of hydrogen-bond acceptors (Lipinski definition) is 5. The Bertz CT molecular complexity index is 745. The summed E-state index contributed by atoms with van der Waals surface area (Å²) in [6.07, 6.45) is 0.854. The van der Waals surface area contributed by atoms with Gasteiger partial charge in [-0.3, -0.25) is 9.79 Å². The van der Waals surface area contributed by atoms with Gasteiger partial charge in [0.2, 0.25) is 0 Å². The van der Waals surface area contributed by atoms with E-state index >= 15 is 0 Å². The van der Waals surface area contributed by atoms with E-state index in [1.807, 2.05) is 30.3 Å². The predicted molar refractivity (Wildman–Crippen MR) is 111 cm³/mol. The van der Waals surface area contributed by atoms with E-state index in [-0.39, 0.29) is 5.91 Å². The van der Waals surface area contributed by atoms with Crippen molar-refractivity contribution in [2.45, 2.75) is 12.2 Å². The molecule has 0 aliphatic carbocycles. The molecular weight excluding hydrogens is 424 g/mol. The minimum atomic E-state index is 0.00263. The molecule has 2 aromatic rings. The third-order valence-electron chi connectivity index (χ3n) is 3.46. The van der Waals surface area contributed by atoms with Gasteiger partial charge in [0.15, 0.2) is 0 Å². The fourth-order valence-electron chi connectivity index (χ4n) is 2.29. The van der Waals surface area contributed by atoms with E-state index in [9.17, 15) is 4.79 Å². The van der Waals surface area contributed by atoms with Gasteiger partial charge >= 0.3 is 0 Å². The summed E-state index contributed by atoms with van der Waals surface area (Å²) in [5.74, 6) is 1.86. The van der Waals surface area contributed by atoms with Crippen molar-refractivity contribution in [2.75, 3.05) is 18.8 Å². The van der Waals surface area contributed by atoms with Crippen molar-refractivity contribution in [1.82, 2.24) is 5.32 Å². The second kappa shape index (κ2) is 9.08. The molecule has 0 bridgehead atoms. The topological polar surface area (TPSA) is 41.5 Å². The number of thioether (sulfide) groups is 2. The Kier molecular flexibility index (Phi) is 6.83. The van der Waals surface area contributed by atoms with E-state index in [0.29, 0.717) is 6.54 Å². The highest BCUT2D eigenvalue weighted by Gasteiger charge is 2.13. The molecule has 0 spiro atoms. The average molecular weight is 441 g/mol. The molecule has 1 aromatic heterocycles. The van der Waals surface area contributed by atoms with Gasteiger partial charge in [-0.25, -0.2) is 0 Å². The zero-order valence-electron chi connectivity index (χ0n) is 13.0. The van der Waals surface area contributed by atoms with Crippen LogP contribution in [0.2, 0.25) is 0 Å². The Balaban J connectivity index is 1.55. The van der Waals surface area contributed by atoms with E-state index in [0.717, 1.165) is 43.8 Å². The van der Waals surface area contributed by atoms with Crippen LogP contribution in [0.1, 0.15) is 20.8 Å². The van der Waals surface area contributed by atoms with Gasteiger partial charge in [0.25, 0.3) is 5.91 Å². The van der Waals surface area contributed by atoms with E-state index in [1.54, 1.807) is 34.9 Å². The molecule has 126 valence electrons. The summed E-state index contributed by atoms with van der Waals surface area (Å²) >= 11 is 8.69. The van der Waals surface area contributed by atoms with Crippen LogP contribution in [0.4, 0.5) is 0 Å². The molecule has 3 nitrogen and oxygen atoms in total. The van der Waals surface area contributed by atoms with Crippen molar-refractivity contribution in [3.63, 3.8) is 0 Å². The van der Waals surface area contributed by atoms with Gasteiger partial charge in [-0.15, -0.1) is 11.3 Å². The molecule has 2 heterocycles. The second-order valence-electron chi connectivity index (χ2n) is 5.15. The number of nitrogens with zero attached hydrogens (tertiary/aromatic N) is 1. The van der Waals surface area contributed by atoms with E-state index in [2.05, 4.69) is 32.3 Å². The van der Waals surface area contributed by atoms with Crippen LogP contribution in [0.25, 0.3) is 0 Å². The molecule has 1 aliphatic heterocycles. The monoisotopic (exact) mass is 440 g/mol. The molecule has 0 atom stereocenters. The molecule has 1 aromatic carbocycles. The third-order valence-corrected chi connectivity index (χ3v) is 7.44. The highest BCUT2D eigenvalue weighted by atomic mass is 79.9. The van der Waals surface area contributed by atoms with Crippen molar-refractivity contribution in [3.8, 4) is 0 Å². The first-order chi connectivity index (χ1) is 11.7. The lowest BCUT2D eigenvalue weighted by molar-refractivity contribution is 0.0953. The summed E-state index contributed by atoms with van der Waals surface area (Å²) in [6.45, 7) is 1.56. The summed E-state index contributed by atoms with van der Waals surface area (Å²) < 4.78 is 2.26. The third kappa shape index (κ3) is 5.12. The Morgan fingerprint density at radius 2 is 2.17 bits per heavy atom. The molecule has 24 heavy (non-hydrogen) atoms. The number of thiophene rings is 1. The number of benzene rings is 1. The highest BCUT2D eigenvalue weighted by Crippen LogP contribution is 2.26. The van der Waals surface area contributed by atoms with Crippen LogP contribution in [0.3, 0.4) is 0 Å². The van der Waals surface area contributed by atoms with Gasteiger partial charge in [-0.05, 0) is 46.1 Å². The number of amides is 1. The number of rotatable bonds is 6. The molecule has 1 N–H and O–H groups in total. The summed E-state index contributed by atoms with van der Waals surface area (Å²) in [5, 5.41) is 3.03. The normalized spacial score (nSPS) is 13.8. The van der Waals surface area contributed by atoms with Gasteiger partial charge in [-0.2, -0.15) is 0 Å². The highest BCUT2D eigenvalue weighted by molar-refractivity contribution is 9.11. The van der Waals surface area contributed by atoms with E-state index in [1.165, 1.54) is 4.88 Å². The van der Waals surface area contributed by atoms with Crippen LogP contribution in [0.5, 0.6) is 0 Å². The number of aliphatic imine (C=N–C) groups is 1. The molecule has 0 fully saturated rings. The number of carbonyl (C=O) groups is 1. The van der Waals surface area contributed by atoms with Crippen molar-refractivity contribution in [1.29, 1.82) is 0 Å². The van der Waals surface area contributed by atoms with Crippen LogP contribution in [0, 0.1) is 0 Å². The average Bonchev–Trinajstić information content (AvgIpc) is 3.25. The van der Waals surface area contributed by atoms with Crippen molar-refractivity contribution in [2.24, 2.45) is 4.99 Å². The molecule has 1 amide bonds. The second-order valence-corrected chi connectivity index (χ2v) is 10.0. The number of carbonyl (C=O) groups excluding carboxylic acids is 1. The van der Waals surface area contributed by atoms with Gasteiger partial charge < -0.3 is 5.32 Å².